The fraction of sp³-hybridized carbons (Fsp3) is 0. The lowest BCUT2D eigenvalue weighted by molar-refractivity contribution is 0.597. The van der Waals surface area contributed by atoms with Crippen LogP contribution in [0.1, 0.15) is 0 Å². The first-order chi connectivity index (χ1) is 10.1. The maximum absolute atomic E-state index is 11.7. The van der Waals surface area contributed by atoms with E-state index in [0.717, 1.165) is 0 Å². The van der Waals surface area contributed by atoms with Gasteiger partial charge in [-0.15, -0.1) is 10.2 Å². The van der Waals surface area contributed by atoms with Gasteiger partial charge in [0, 0.05) is 21.9 Å². The number of hydrogen-bond donors (Lipinski definition) is 0. The van der Waals surface area contributed by atoms with E-state index < -0.39 is 9.05 Å². The van der Waals surface area contributed by atoms with Gasteiger partial charge in [-0.1, -0.05) is 18.2 Å². The van der Waals surface area contributed by atoms with E-state index in [9.17, 15) is 8.42 Å². The summed E-state index contributed by atoms with van der Waals surface area (Å²) in [5, 5.41) is 14.7. The van der Waals surface area contributed by atoms with Crippen LogP contribution >= 0.6 is 10.7 Å². The Morgan fingerprint density at radius 3 is 2.38 bits per heavy atom. The number of halogens is 1. The van der Waals surface area contributed by atoms with Crippen molar-refractivity contribution in [3.8, 4) is 17.1 Å². The predicted molar refractivity (Wildman–Crippen MR) is 75.4 cm³/mol. The molecule has 21 heavy (non-hydrogen) atoms. The Kier molecular flexibility index (Phi) is 3.40. The first kappa shape index (κ1) is 13.7. The van der Waals surface area contributed by atoms with E-state index in [1.807, 2.05) is 6.07 Å². The fourth-order valence-corrected chi connectivity index (χ4v) is 2.70. The van der Waals surface area contributed by atoms with E-state index in [1.165, 1.54) is 17.0 Å². The van der Waals surface area contributed by atoms with Gasteiger partial charge in [0.1, 0.15) is 0 Å². The van der Waals surface area contributed by atoms with Gasteiger partial charge in [0.2, 0.25) is 0 Å². The minimum atomic E-state index is -4.04. The van der Waals surface area contributed by atoms with Gasteiger partial charge in [-0.3, -0.25) is 4.57 Å². The highest BCUT2D eigenvalue weighted by molar-refractivity contribution is 8.13. The average molecular weight is 322 g/mol. The molecule has 0 atom stereocenters. The molecule has 3 rings (SSSR count). The van der Waals surface area contributed by atoms with Gasteiger partial charge in [0.15, 0.2) is 5.82 Å². The van der Waals surface area contributed by atoms with Gasteiger partial charge in [0.25, 0.3) is 14.2 Å². The SMILES string of the molecule is O=S(=O)(Cl)c1nnc(-c2ccnnc2)n1-c1ccccc1. The predicted octanol–water partition coefficient (Wildman–Crippen LogP) is 1.65. The van der Waals surface area contributed by atoms with Crippen molar-refractivity contribution >= 4 is 19.7 Å². The van der Waals surface area contributed by atoms with Crippen LogP contribution in [0.25, 0.3) is 17.1 Å². The molecule has 0 saturated heterocycles. The molecular formula is C12H8ClN5O2S. The van der Waals surface area contributed by atoms with Crippen molar-refractivity contribution in [2.24, 2.45) is 0 Å². The molecule has 106 valence electrons. The van der Waals surface area contributed by atoms with Gasteiger partial charge in [-0.25, -0.2) is 8.42 Å². The maximum atomic E-state index is 11.7. The zero-order chi connectivity index (χ0) is 14.9. The lowest BCUT2D eigenvalue weighted by atomic mass is 10.2. The summed E-state index contributed by atoms with van der Waals surface area (Å²) < 4.78 is 24.7. The van der Waals surface area contributed by atoms with Crippen molar-refractivity contribution in [3.05, 3.63) is 48.8 Å². The molecule has 0 aliphatic heterocycles. The van der Waals surface area contributed by atoms with Gasteiger partial charge in [0.05, 0.1) is 12.4 Å². The lowest BCUT2D eigenvalue weighted by Gasteiger charge is -2.08. The second-order valence-electron chi connectivity index (χ2n) is 4.05. The Morgan fingerprint density at radius 2 is 1.76 bits per heavy atom. The van der Waals surface area contributed by atoms with Crippen LogP contribution < -0.4 is 0 Å². The second kappa shape index (κ2) is 5.23. The van der Waals surface area contributed by atoms with Crippen LogP contribution in [-0.2, 0) is 9.05 Å². The molecule has 0 unspecified atom stereocenters. The lowest BCUT2D eigenvalue weighted by Crippen LogP contribution is -2.05. The van der Waals surface area contributed by atoms with Crippen LogP contribution in [-0.4, -0.2) is 33.4 Å². The monoisotopic (exact) mass is 321 g/mol. The first-order valence-electron chi connectivity index (χ1n) is 5.80. The Hall–Kier alpha value is -2.32. The molecule has 2 heterocycles. The minimum Gasteiger partial charge on any atom is -0.265 e. The van der Waals surface area contributed by atoms with E-state index in [4.69, 9.17) is 10.7 Å². The molecule has 0 fully saturated rings. The Bertz CT molecular complexity index is 865. The fourth-order valence-electron chi connectivity index (χ4n) is 1.85. The van der Waals surface area contributed by atoms with Crippen molar-refractivity contribution in [2.75, 3.05) is 0 Å². The summed E-state index contributed by atoms with van der Waals surface area (Å²) in [6, 6.07) is 10.5. The standard InChI is InChI=1S/C12H8ClN5O2S/c13-21(19,20)12-17-16-11(9-6-7-14-15-8-9)18(12)10-4-2-1-3-5-10/h1-8H. The number of aromatic nitrogens is 5. The number of nitrogens with zero attached hydrogens (tertiary/aromatic N) is 5. The van der Waals surface area contributed by atoms with Crippen molar-refractivity contribution in [1.29, 1.82) is 0 Å². The van der Waals surface area contributed by atoms with Gasteiger partial charge >= 0.3 is 0 Å². The third-order valence-corrected chi connectivity index (χ3v) is 3.82. The molecule has 2 aromatic heterocycles. The van der Waals surface area contributed by atoms with E-state index in [-0.39, 0.29) is 5.16 Å². The average Bonchev–Trinajstić information content (AvgIpc) is 2.94. The topological polar surface area (TPSA) is 90.6 Å². The Morgan fingerprint density at radius 1 is 1.00 bits per heavy atom. The summed E-state index contributed by atoms with van der Waals surface area (Å²) in [6.45, 7) is 0. The van der Waals surface area contributed by atoms with Crippen LogP contribution in [0.5, 0.6) is 0 Å². The largest absolute Gasteiger partial charge is 0.297 e. The summed E-state index contributed by atoms with van der Waals surface area (Å²) in [5.41, 5.74) is 1.15. The van der Waals surface area contributed by atoms with E-state index in [2.05, 4.69) is 20.4 Å². The third kappa shape index (κ3) is 2.63. The highest BCUT2D eigenvalue weighted by atomic mass is 35.7. The summed E-state index contributed by atoms with van der Waals surface area (Å²) in [6.07, 6.45) is 2.95. The molecule has 7 nitrogen and oxygen atoms in total. The number of hydrogen-bond acceptors (Lipinski definition) is 6. The van der Waals surface area contributed by atoms with Crippen LogP contribution in [0.2, 0.25) is 0 Å². The summed E-state index contributed by atoms with van der Waals surface area (Å²) in [7, 11) is 1.39. The molecule has 0 radical (unpaired) electrons. The number of benzene rings is 1. The maximum Gasteiger partial charge on any atom is 0.297 e. The van der Waals surface area contributed by atoms with Crippen LogP contribution in [0.4, 0.5) is 0 Å². The molecule has 1 aromatic carbocycles. The van der Waals surface area contributed by atoms with Gasteiger partial charge in [-0.2, -0.15) is 10.2 Å². The highest BCUT2D eigenvalue weighted by Gasteiger charge is 2.24. The molecule has 0 aliphatic carbocycles. The van der Waals surface area contributed by atoms with Crippen molar-refractivity contribution in [1.82, 2.24) is 25.0 Å². The van der Waals surface area contributed by atoms with Gasteiger partial charge < -0.3 is 0 Å². The quantitative estimate of drug-likeness (QED) is 0.681. The van der Waals surface area contributed by atoms with Crippen LogP contribution in [0, 0.1) is 0 Å². The van der Waals surface area contributed by atoms with Crippen LogP contribution in [0.3, 0.4) is 0 Å². The molecule has 0 aliphatic rings. The summed E-state index contributed by atoms with van der Waals surface area (Å²) >= 11 is 0. The molecule has 9 heteroatoms. The molecule has 0 spiro atoms. The second-order valence-corrected chi connectivity index (χ2v) is 6.51. The van der Waals surface area contributed by atoms with Crippen LogP contribution in [0.15, 0.2) is 53.9 Å². The van der Waals surface area contributed by atoms with Crippen molar-refractivity contribution in [3.63, 3.8) is 0 Å². The Labute approximate surface area is 124 Å². The molecule has 0 bridgehead atoms. The number of rotatable bonds is 3. The smallest absolute Gasteiger partial charge is 0.265 e. The summed E-state index contributed by atoms with van der Waals surface area (Å²) in [4.78, 5) is 0. The molecular weight excluding hydrogens is 314 g/mol. The zero-order valence-electron chi connectivity index (χ0n) is 10.5. The summed E-state index contributed by atoms with van der Waals surface area (Å²) in [5.74, 6) is 0.315. The zero-order valence-corrected chi connectivity index (χ0v) is 12.0. The highest BCUT2D eigenvalue weighted by Crippen LogP contribution is 2.25. The first-order valence-corrected chi connectivity index (χ1v) is 8.11. The normalized spacial score (nSPS) is 11.5. The molecule has 0 N–H and O–H groups in total. The molecule has 3 aromatic rings. The van der Waals surface area contributed by atoms with E-state index in [1.54, 1.807) is 30.3 Å². The molecule has 0 saturated carbocycles. The molecule has 0 amide bonds. The van der Waals surface area contributed by atoms with Crippen molar-refractivity contribution in [2.45, 2.75) is 5.16 Å². The minimum absolute atomic E-state index is 0.315. The van der Waals surface area contributed by atoms with E-state index >= 15 is 0 Å². The third-order valence-electron chi connectivity index (χ3n) is 2.71. The van der Waals surface area contributed by atoms with E-state index in [0.29, 0.717) is 17.1 Å². The number of para-hydroxylation sites is 1. The Balaban J connectivity index is 2.31. The van der Waals surface area contributed by atoms with Gasteiger partial charge in [-0.05, 0) is 18.2 Å². The van der Waals surface area contributed by atoms with Crippen molar-refractivity contribution < 1.29 is 8.42 Å².